The molecule has 0 fully saturated rings. The van der Waals surface area contributed by atoms with E-state index in [0.717, 1.165) is 17.9 Å². The number of nitrogens with two attached hydrogens (primary N) is 1. The lowest BCUT2D eigenvalue weighted by Gasteiger charge is -2.09. The van der Waals surface area contributed by atoms with Crippen LogP contribution < -0.4 is 5.73 Å². The van der Waals surface area contributed by atoms with E-state index < -0.39 is 0 Å². The van der Waals surface area contributed by atoms with Gasteiger partial charge < -0.3 is 10.5 Å². The maximum Gasteiger partial charge on any atom is 0.168 e. The normalized spacial score (nSPS) is 12.8. The van der Waals surface area contributed by atoms with E-state index in [9.17, 15) is 4.79 Å². The fourth-order valence-electron chi connectivity index (χ4n) is 2.02. The van der Waals surface area contributed by atoms with E-state index in [0.29, 0.717) is 18.6 Å². The molecule has 0 spiro atoms. The van der Waals surface area contributed by atoms with Gasteiger partial charge in [0.15, 0.2) is 5.78 Å². The van der Waals surface area contributed by atoms with Crippen LogP contribution in [0.4, 0.5) is 0 Å². The molecule has 0 saturated heterocycles. The first-order valence-electron chi connectivity index (χ1n) is 5.82. The van der Waals surface area contributed by atoms with Gasteiger partial charge in [-0.15, -0.1) is 0 Å². The molecular formula is C12H21N3O2. The van der Waals surface area contributed by atoms with Crippen molar-refractivity contribution in [2.75, 3.05) is 13.7 Å². The quantitative estimate of drug-likeness (QED) is 0.754. The van der Waals surface area contributed by atoms with Gasteiger partial charge in [-0.3, -0.25) is 9.48 Å². The average Bonchev–Trinajstić information content (AvgIpc) is 2.53. The second-order valence-corrected chi connectivity index (χ2v) is 4.20. The van der Waals surface area contributed by atoms with Crippen molar-refractivity contribution in [1.82, 2.24) is 9.78 Å². The monoisotopic (exact) mass is 239 g/mol. The molecule has 96 valence electrons. The molecule has 0 saturated carbocycles. The molecule has 5 heteroatoms. The number of hydrogen-bond donors (Lipinski definition) is 1. The van der Waals surface area contributed by atoms with E-state index in [4.69, 9.17) is 10.5 Å². The van der Waals surface area contributed by atoms with Crippen LogP contribution in [0, 0.1) is 13.8 Å². The summed E-state index contributed by atoms with van der Waals surface area (Å²) in [4.78, 5) is 12.1. The maximum atomic E-state index is 12.1. The van der Waals surface area contributed by atoms with Gasteiger partial charge in [-0.2, -0.15) is 5.10 Å². The van der Waals surface area contributed by atoms with Crippen LogP contribution in [0.25, 0.3) is 0 Å². The Morgan fingerprint density at radius 3 is 2.65 bits per heavy atom. The third-order valence-electron chi connectivity index (χ3n) is 2.79. The number of Topliss-reactive ketones (excluding diaryl/α,β-unsaturated/α-hetero) is 1. The summed E-state index contributed by atoms with van der Waals surface area (Å²) in [5.41, 5.74) is 8.19. The van der Waals surface area contributed by atoms with Gasteiger partial charge in [-0.25, -0.2) is 0 Å². The first-order valence-corrected chi connectivity index (χ1v) is 5.82. The van der Waals surface area contributed by atoms with Crippen LogP contribution in [0.1, 0.15) is 35.1 Å². The van der Waals surface area contributed by atoms with E-state index in [-0.39, 0.29) is 11.8 Å². The van der Waals surface area contributed by atoms with E-state index in [2.05, 4.69) is 5.10 Å². The van der Waals surface area contributed by atoms with E-state index in [1.54, 1.807) is 7.11 Å². The predicted molar refractivity (Wildman–Crippen MR) is 66.2 cm³/mol. The van der Waals surface area contributed by atoms with Crippen LogP contribution in [0.2, 0.25) is 0 Å². The lowest BCUT2D eigenvalue weighted by molar-refractivity contribution is 0.0948. The average molecular weight is 239 g/mol. The van der Waals surface area contributed by atoms with Gasteiger partial charge in [0.05, 0.1) is 17.9 Å². The molecule has 0 aromatic carbocycles. The number of nitrogens with zero attached hydrogens (tertiary/aromatic N) is 2. The van der Waals surface area contributed by atoms with Crippen LogP contribution >= 0.6 is 0 Å². The Balaban J connectivity index is 2.85. The molecule has 5 nitrogen and oxygen atoms in total. The molecule has 0 bridgehead atoms. The minimum Gasteiger partial charge on any atom is -0.383 e. The Hall–Kier alpha value is -1.20. The topological polar surface area (TPSA) is 70.1 Å². The molecule has 0 aliphatic heterocycles. The molecule has 1 unspecified atom stereocenters. The minimum atomic E-state index is -0.253. The predicted octanol–water partition coefficient (Wildman–Crippen LogP) is 1.07. The largest absolute Gasteiger partial charge is 0.383 e. The van der Waals surface area contributed by atoms with Crippen LogP contribution in [0.3, 0.4) is 0 Å². The Labute approximate surface area is 102 Å². The van der Waals surface area contributed by atoms with Crippen molar-refractivity contribution >= 4 is 5.78 Å². The number of rotatable bonds is 6. The van der Waals surface area contributed by atoms with Gasteiger partial charge in [0.2, 0.25) is 0 Å². The summed E-state index contributed by atoms with van der Waals surface area (Å²) in [5.74, 6) is 0.0456. The standard InChI is InChI=1S/C12H21N3O2/c1-5-15-9(3)12(8(2)14-15)11(16)6-10(13)7-17-4/h10H,5-7,13H2,1-4H3. The summed E-state index contributed by atoms with van der Waals surface area (Å²) in [7, 11) is 1.58. The second kappa shape index (κ2) is 5.93. The van der Waals surface area contributed by atoms with Gasteiger partial charge in [0, 0.05) is 31.8 Å². The number of ketones is 1. The lowest BCUT2D eigenvalue weighted by atomic mass is 10.0. The SMILES string of the molecule is CCn1nc(C)c(C(=O)CC(N)COC)c1C. The summed E-state index contributed by atoms with van der Waals surface area (Å²) in [6.07, 6.45) is 0.297. The van der Waals surface area contributed by atoms with Crippen molar-refractivity contribution < 1.29 is 9.53 Å². The number of carbonyl (C=O) groups is 1. The zero-order valence-corrected chi connectivity index (χ0v) is 11.0. The number of hydrogen-bond acceptors (Lipinski definition) is 4. The van der Waals surface area contributed by atoms with E-state index >= 15 is 0 Å². The molecule has 0 aliphatic rings. The molecule has 1 atom stereocenters. The van der Waals surface area contributed by atoms with Gasteiger partial charge in [0.1, 0.15) is 0 Å². The molecule has 17 heavy (non-hydrogen) atoms. The first-order chi connectivity index (χ1) is 8.01. The van der Waals surface area contributed by atoms with Crippen molar-refractivity contribution in [2.24, 2.45) is 5.73 Å². The summed E-state index contributed by atoms with van der Waals surface area (Å²) in [6, 6.07) is -0.253. The molecule has 0 amide bonds. The molecule has 1 rings (SSSR count). The first kappa shape index (κ1) is 13.9. The van der Waals surface area contributed by atoms with Gasteiger partial charge >= 0.3 is 0 Å². The van der Waals surface area contributed by atoms with Gasteiger partial charge in [-0.1, -0.05) is 0 Å². The zero-order chi connectivity index (χ0) is 13.0. The van der Waals surface area contributed by atoms with E-state index in [1.165, 1.54) is 0 Å². The Kier molecular flexibility index (Phi) is 4.84. The van der Waals surface area contributed by atoms with Gasteiger partial charge in [-0.05, 0) is 20.8 Å². The summed E-state index contributed by atoms with van der Waals surface area (Å²) in [6.45, 7) is 6.94. The Morgan fingerprint density at radius 1 is 1.53 bits per heavy atom. The molecule has 1 heterocycles. The molecular weight excluding hydrogens is 218 g/mol. The molecule has 2 N–H and O–H groups in total. The molecule has 0 aliphatic carbocycles. The number of methoxy groups -OCH3 is 1. The van der Waals surface area contributed by atoms with Crippen molar-refractivity contribution in [3.63, 3.8) is 0 Å². The number of ether oxygens (including phenoxy) is 1. The molecule has 1 aromatic heterocycles. The van der Waals surface area contributed by atoms with Crippen LogP contribution in [0.15, 0.2) is 0 Å². The third-order valence-corrected chi connectivity index (χ3v) is 2.79. The van der Waals surface area contributed by atoms with Crippen LogP contribution in [-0.4, -0.2) is 35.3 Å². The second-order valence-electron chi connectivity index (χ2n) is 4.20. The fraction of sp³-hybridized carbons (Fsp3) is 0.667. The van der Waals surface area contributed by atoms with Crippen molar-refractivity contribution in [2.45, 2.75) is 39.8 Å². The van der Waals surface area contributed by atoms with Crippen molar-refractivity contribution in [1.29, 1.82) is 0 Å². The van der Waals surface area contributed by atoms with E-state index in [1.807, 2.05) is 25.5 Å². The Morgan fingerprint density at radius 2 is 2.18 bits per heavy atom. The summed E-state index contributed by atoms with van der Waals surface area (Å²) < 4.78 is 6.77. The lowest BCUT2D eigenvalue weighted by Crippen LogP contribution is -2.28. The number of aryl methyl sites for hydroxylation is 2. The zero-order valence-electron chi connectivity index (χ0n) is 11.0. The fourth-order valence-corrected chi connectivity index (χ4v) is 2.02. The highest BCUT2D eigenvalue weighted by atomic mass is 16.5. The van der Waals surface area contributed by atoms with Gasteiger partial charge in [0.25, 0.3) is 0 Å². The molecule has 0 radical (unpaired) electrons. The molecule has 1 aromatic rings. The maximum absolute atomic E-state index is 12.1. The number of carbonyl (C=O) groups excluding carboxylic acids is 1. The smallest absolute Gasteiger partial charge is 0.168 e. The van der Waals surface area contributed by atoms with Crippen LogP contribution in [-0.2, 0) is 11.3 Å². The summed E-state index contributed by atoms with van der Waals surface area (Å²) in [5, 5.41) is 4.33. The Bertz CT molecular complexity index is 399. The van der Waals surface area contributed by atoms with Crippen molar-refractivity contribution in [3.8, 4) is 0 Å². The third kappa shape index (κ3) is 3.14. The van der Waals surface area contributed by atoms with Crippen molar-refractivity contribution in [3.05, 3.63) is 17.0 Å². The number of aromatic nitrogens is 2. The summed E-state index contributed by atoms with van der Waals surface area (Å²) >= 11 is 0. The highest BCUT2D eigenvalue weighted by Crippen LogP contribution is 2.15. The van der Waals surface area contributed by atoms with Crippen LogP contribution in [0.5, 0.6) is 0 Å². The highest BCUT2D eigenvalue weighted by Gasteiger charge is 2.19. The minimum absolute atomic E-state index is 0.0456. The highest BCUT2D eigenvalue weighted by molar-refractivity contribution is 5.98.